The first-order valence-corrected chi connectivity index (χ1v) is 12.9. The molecule has 0 amide bonds. The normalized spacial score (nSPS) is 49.7. The van der Waals surface area contributed by atoms with Crippen molar-refractivity contribution in [2.75, 3.05) is 6.61 Å². The summed E-state index contributed by atoms with van der Waals surface area (Å²) in [7, 11) is 0. The molecule has 1 heterocycles. The smallest absolute Gasteiger partial charge is 0.136 e. The molecule has 1 unspecified atom stereocenters. The number of aliphatic hydroxyl groups is 2. The van der Waals surface area contributed by atoms with E-state index in [4.69, 9.17) is 4.74 Å². The predicted molar refractivity (Wildman–Crippen MR) is 120 cm³/mol. The lowest BCUT2D eigenvalue weighted by Gasteiger charge is -2.60. The predicted octanol–water partition coefficient (Wildman–Crippen LogP) is 4.88. The van der Waals surface area contributed by atoms with Crippen molar-refractivity contribution in [3.05, 3.63) is 11.3 Å². The first-order chi connectivity index (χ1) is 14.7. The van der Waals surface area contributed by atoms with E-state index in [1.165, 1.54) is 24.2 Å². The summed E-state index contributed by atoms with van der Waals surface area (Å²) in [6.07, 6.45) is 8.74. The Bertz CT molecular complexity index is 773. The number of aliphatic hydroxyl groups excluding tert-OH is 2. The van der Waals surface area contributed by atoms with E-state index in [-0.39, 0.29) is 35.6 Å². The van der Waals surface area contributed by atoms with Gasteiger partial charge in [-0.15, -0.1) is 0 Å². The number of hydrogen-bond donors (Lipinski definition) is 2. The zero-order chi connectivity index (χ0) is 22.1. The van der Waals surface area contributed by atoms with E-state index in [0.717, 1.165) is 38.5 Å². The minimum absolute atomic E-state index is 0.0701. The summed E-state index contributed by atoms with van der Waals surface area (Å²) in [6.45, 7) is 9.50. The molecule has 0 radical (unpaired) electrons. The average Bonchev–Trinajstić information content (AvgIpc) is 3.21. The van der Waals surface area contributed by atoms with Gasteiger partial charge < -0.3 is 14.9 Å². The van der Waals surface area contributed by atoms with Crippen LogP contribution in [0.5, 0.6) is 0 Å². The highest BCUT2D eigenvalue weighted by molar-refractivity contribution is 5.83. The van der Waals surface area contributed by atoms with Gasteiger partial charge in [0.25, 0.3) is 0 Å². The van der Waals surface area contributed by atoms with Gasteiger partial charge in [-0.05, 0) is 91.9 Å². The average molecular weight is 431 g/mol. The van der Waals surface area contributed by atoms with Gasteiger partial charge >= 0.3 is 0 Å². The third-order valence-electron chi connectivity index (χ3n) is 10.8. The number of carbonyl (C=O) groups excluding carboxylic acids is 1. The summed E-state index contributed by atoms with van der Waals surface area (Å²) in [4.78, 5) is 13.3. The lowest BCUT2D eigenvalue weighted by molar-refractivity contribution is -0.158. The van der Waals surface area contributed by atoms with Crippen molar-refractivity contribution >= 4 is 5.78 Å². The van der Waals surface area contributed by atoms with Crippen LogP contribution in [0.1, 0.15) is 85.5 Å². The molecule has 5 aliphatic rings. The Hall–Kier alpha value is -0.870. The Labute approximate surface area is 187 Å². The van der Waals surface area contributed by atoms with Crippen molar-refractivity contribution in [2.24, 2.45) is 46.3 Å². The van der Waals surface area contributed by atoms with Gasteiger partial charge in [0.1, 0.15) is 11.9 Å². The lowest BCUT2D eigenvalue weighted by atomic mass is 9.44. The molecule has 0 aromatic carbocycles. The lowest BCUT2D eigenvalue weighted by Crippen LogP contribution is -2.57. The van der Waals surface area contributed by atoms with Gasteiger partial charge in [0.2, 0.25) is 0 Å². The maximum Gasteiger partial charge on any atom is 0.136 e. The second-order valence-electron chi connectivity index (χ2n) is 12.4. The summed E-state index contributed by atoms with van der Waals surface area (Å²) in [6, 6.07) is 0. The van der Waals surface area contributed by atoms with Crippen molar-refractivity contribution in [3.63, 3.8) is 0 Å². The molecule has 0 aromatic heterocycles. The van der Waals surface area contributed by atoms with Crippen LogP contribution in [0.2, 0.25) is 0 Å². The highest BCUT2D eigenvalue weighted by Gasteiger charge is 2.65. The number of fused-ring (bicyclic) bond motifs is 7. The molecule has 4 heteroatoms. The van der Waals surface area contributed by atoms with Gasteiger partial charge in [-0.3, -0.25) is 4.79 Å². The van der Waals surface area contributed by atoms with E-state index in [1.54, 1.807) is 0 Å². The van der Waals surface area contributed by atoms with Gasteiger partial charge in [0.15, 0.2) is 0 Å². The summed E-state index contributed by atoms with van der Waals surface area (Å²) in [5.41, 5.74) is 1.76. The van der Waals surface area contributed by atoms with E-state index in [1.807, 2.05) is 0 Å². The van der Waals surface area contributed by atoms with E-state index in [9.17, 15) is 15.0 Å². The van der Waals surface area contributed by atoms with Gasteiger partial charge in [-0.1, -0.05) is 20.8 Å². The molecule has 4 nitrogen and oxygen atoms in total. The van der Waals surface area contributed by atoms with Gasteiger partial charge in [-0.2, -0.15) is 0 Å². The second kappa shape index (κ2) is 7.58. The summed E-state index contributed by atoms with van der Waals surface area (Å²) >= 11 is 0. The van der Waals surface area contributed by atoms with Crippen LogP contribution in [0.4, 0.5) is 0 Å². The van der Waals surface area contributed by atoms with E-state index in [0.29, 0.717) is 41.8 Å². The number of Topliss-reactive ketones (excluding diaryl/α,β-unsaturated/α-hetero) is 1. The van der Waals surface area contributed by atoms with Crippen molar-refractivity contribution < 1.29 is 19.7 Å². The fraction of sp³-hybridized carbons (Fsp3) is 0.889. The monoisotopic (exact) mass is 430 g/mol. The van der Waals surface area contributed by atoms with Crippen LogP contribution in [0.25, 0.3) is 0 Å². The fourth-order valence-corrected chi connectivity index (χ4v) is 9.07. The van der Waals surface area contributed by atoms with Crippen molar-refractivity contribution in [1.82, 2.24) is 0 Å². The Morgan fingerprint density at radius 3 is 2.61 bits per heavy atom. The molecule has 4 fully saturated rings. The highest BCUT2D eigenvalue weighted by Crippen LogP contribution is 2.69. The molecule has 0 bridgehead atoms. The number of carbonyl (C=O) groups is 1. The van der Waals surface area contributed by atoms with Crippen LogP contribution in [0, 0.1) is 46.3 Å². The molecule has 174 valence electrons. The second-order valence-corrected chi connectivity index (χ2v) is 12.4. The Kier molecular flexibility index (Phi) is 5.37. The number of allylic oxidation sites excluding steroid dienone is 1. The van der Waals surface area contributed by atoms with Crippen LogP contribution in [-0.2, 0) is 9.53 Å². The Morgan fingerprint density at radius 2 is 1.87 bits per heavy atom. The van der Waals surface area contributed by atoms with Crippen molar-refractivity contribution in [2.45, 2.75) is 97.7 Å². The zero-order valence-electron chi connectivity index (χ0n) is 19.9. The van der Waals surface area contributed by atoms with Crippen LogP contribution >= 0.6 is 0 Å². The standard InChI is InChI=1S/C27H42O4/c1-15(14-28)5-6-23-16(2)25-24(31-23)13-20-18-12-22(30)21-11-17(29)7-9-26(21,3)19(18)8-10-27(20,25)4/h15,17-21,24-25,28-29H,5-14H2,1-4H3/t15-,17?,18-,19+,20+,21-,24+,25+,26-,27+/m1/s1. The van der Waals surface area contributed by atoms with Crippen molar-refractivity contribution in [3.8, 4) is 0 Å². The molecule has 2 N–H and O–H groups in total. The number of hydrogen-bond acceptors (Lipinski definition) is 4. The van der Waals surface area contributed by atoms with Crippen LogP contribution < -0.4 is 0 Å². The maximum atomic E-state index is 13.3. The third-order valence-corrected chi connectivity index (χ3v) is 10.8. The summed E-state index contributed by atoms with van der Waals surface area (Å²) < 4.78 is 6.58. The van der Waals surface area contributed by atoms with Crippen molar-refractivity contribution in [1.29, 1.82) is 0 Å². The number of rotatable bonds is 4. The molecule has 1 aliphatic heterocycles. The largest absolute Gasteiger partial charge is 0.494 e. The molecule has 0 aromatic rings. The Morgan fingerprint density at radius 1 is 1.13 bits per heavy atom. The molecule has 4 aliphatic carbocycles. The first kappa shape index (κ1) is 21.9. The molecular formula is C27H42O4. The number of ketones is 1. The maximum absolute atomic E-state index is 13.3. The molecule has 4 saturated carbocycles. The van der Waals surface area contributed by atoms with Gasteiger partial charge in [0.05, 0.1) is 11.9 Å². The van der Waals surface area contributed by atoms with Gasteiger partial charge in [0, 0.05) is 31.3 Å². The highest BCUT2D eigenvalue weighted by atomic mass is 16.5. The summed E-state index contributed by atoms with van der Waals surface area (Å²) in [5.74, 6) is 4.17. The van der Waals surface area contributed by atoms with E-state index < -0.39 is 0 Å². The van der Waals surface area contributed by atoms with Gasteiger partial charge in [-0.25, -0.2) is 0 Å². The van der Waals surface area contributed by atoms with Crippen LogP contribution in [-0.4, -0.2) is 34.8 Å². The minimum atomic E-state index is -0.286. The fourth-order valence-electron chi connectivity index (χ4n) is 9.07. The molecular weight excluding hydrogens is 388 g/mol. The Balaban J connectivity index is 1.39. The molecule has 0 saturated heterocycles. The minimum Gasteiger partial charge on any atom is -0.494 e. The molecule has 10 atom stereocenters. The molecule has 0 spiro atoms. The zero-order valence-corrected chi connectivity index (χ0v) is 19.9. The van der Waals surface area contributed by atoms with E-state index >= 15 is 0 Å². The van der Waals surface area contributed by atoms with Crippen LogP contribution in [0.3, 0.4) is 0 Å². The van der Waals surface area contributed by atoms with Crippen LogP contribution in [0.15, 0.2) is 11.3 Å². The molecule has 5 rings (SSSR count). The third kappa shape index (κ3) is 3.18. The number of ether oxygens (including phenoxy) is 1. The topological polar surface area (TPSA) is 66.8 Å². The first-order valence-electron chi connectivity index (χ1n) is 12.9. The molecule has 31 heavy (non-hydrogen) atoms. The SMILES string of the molecule is CC1=C(CC[C@@H](C)CO)O[C@H]2C[C@H]3[C@@H]4CC(=O)[C@H]5CC(O)CC[C@]5(C)[C@H]4CC[C@]3(C)[C@@H]12. The van der Waals surface area contributed by atoms with E-state index in [2.05, 4.69) is 27.7 Å². The summed E-state index contributed by atoms with van der Waals surface area (Å²) in [5, 5.41) is 19.6. The quantitative estimate of drug-likeness (QED) is 0.667.